The van der Waals surface area contributed by atoms with Gasteiger partial charge in [0, 0.05) is 62.1 Å². The van der Waals surface area contributed by atoms with E-state index < -0.39 is 11.7 Å². The molecule has 0 radical (unpaired) electrons. The normalized spacial score (nSPS) is 17.1. The van der Waals surface area contributed by atoms with Crippen LogP contribution in [-0.4, -0.2) is 65.7 Å². The average molecular weight is 589 g/mol. The zero-order valence-electron chi connectivity index (χ0n) is 22.5. The number of nitrogens with zero attached hydrogens (tertiary/aromatic N) is 6. The topological polar surface area (TPSA) is 48.4 Å². The van der Waals surface area contributed by atoms with Gasteiger partial charge in [0.1, 0.15) is 11.6 Å². The van der Waals surface area contributed by atoms with E-state index in [4.69, 9.17) is 21.6 Å². The van der Waals surface area contributed by atoms with Crippen LogP contribution >= 0.6 is 20.8 Å². The lowest BCUT2D eigenvalue weighted by Gasteiger charge is -2.27. The molecule has 0 N–H and O–H groups in total. The Morgan fingerprint density at radius 1 is 1.00 bits per heavy atom. The van der Waals surface area contributed by atoms with Gasteiger partial charge in [-0.05, 0) is 54.9 Å². The molecule has 1 saturated heterocycles. The van der Waals surface area contributed by atoms with Crippen LogP contribution in [0.25, 0.3) is 16.8 Å². The van der Waals surface area contributed by atoms with Crippen LogP contribution in [-0.2, 0) is 6.18 Å². The van der Waals surface area contributed by atoms with Crippen LogP contribution in [0.4, 0.5) is 24.8 Å². The molecule has 0 spiro atoms. The van der Waals surface area contributed by atoms with Gasteiger partial charge in [-0.15, -0.1) is 9.24 Å². The lowest BCUT2D eigenvalue weighted by Crippen LogP contribution is -2.33. The summed E-state index contributed by atoms with van der Waals surface area (Å²) in [5.74, 6) is 1.44. The molecule has 0 aliphatic carbocycles. The van der Waals surface area contributed by atoms with Gasteiger partial charge < -0.3 is 9.80 Å². The molecular formula is C29H33ClF3N6P. The molecule has 2 aliphatic rings. The summed E-state index contributed by atoms with van der Waals surface area (Å²) in [4.78, 5) is 20.3. The maximum absolute atomic E-state index is 13.7. The number of pyridine rings is 1. The number of halogens is 4. The van der Waals surface area contributed by atoms with Crippen molar-refractivity contribution in [2.24, 2.45) is 0 Å². The highest BCUT2D eigenvalue weighted by molar-refractivity contribution is 7.28. The summed E-state index contributed by atoms with van der Waals surface area (Å²) >= 11 is 6.44. The van der Waals surface area contributed by atoms with Crippen molar-refractivity contribution < 1.29 is 13.2 Å². The van der Waals surface area contributed by atoms with E-state index in [2.05, 4.69) is 37.0 Å². The van der Waals surface area contributed by atoms with E-state index in [1.54, 1.807) is 4.90 Å². The summed E-state index contributed by atoms with van der Waals surface area (Å²) < 4.78 is 41.0. The van der Waals surface area contributed by atoms with E-state index >= 15 is 0 Å². The monoisotopic (exact) mass is 588 g/mol. The molecule has 212 valence electrons. The van der Waals surface area contributed by atoms with Gasteiger partial charge in [0.05, 0.1) is 11.3 Å². The minimum atomic E-state index is -4.46. The fraction of sp³-hybridized carbons (Fsp3) is 0.414. The predicted octanol–water partition coefficient (Wildman–Crippen LogP) is 5.93. The van der Waals surface area contributed by atoms with Crippen LogP contribution in [0, 0.1) is 0 Å². The quantitative estimate of drug-likeness (QED) is 0.333. The molecule has 2 aliphatic heterocycles. The van der Waals surface area contributed by atoms with Crippen LogP contribution in [0.5, 0.6) is 0 Å². The van der Waals surface area contributed by atoms with E-state index in [-0.39, 0.29) is 5.82 Å². The fourth-order valence-corrected chi connectivity index (χ4v) is 5.60. The molecule has 3 aromatic rings. The van der Waals surface area contributed by atoms with Crippen LogP contribution in [0.15, 0.2) is 48.7 Å². The Labute approximate surface area is 240 Å². The molecule has 40 heavy (non-hydrogen) atoms. The van der Waals surface area contributed by atoms with E-state index in [9.17, 15) is 13.2 Å². The Hall–Kier alpha value is -2.74. The largest absolute Gasteiger partial charge is 0.419 e. The van der Waals surface area contributed by atoms with Crippen LogP contribution in [0.1, 0.15) is 37.6 Å². The van der Waals surface area contributed by atoms with Crippen molar-refractivity contribution in [1.29, 1.82) is 0 Å². The van der Waals surface area contributed by atoms with Crippen LogP contribution in [0.2, 0.25) is 5.02 Å². The Morgan fingerprint density at radius 3 is 2.52 bits per heavy atom. The van der Waals surface area contributed by atoms with Crippen molar-refractivity contribution in [1.82, 2.24) is 19.9 Å². The third-order valence-corrected chi connectivity index (χ3v) is 8.35. The highest BCUT2D eigenvalue weighted by Crippen LogP contribution is 2.36. The van der Waals surface area contributed by atoms with Crippen molar-refractivity contribution in [2.45, 2.75) is 32.4 Å². The molecule has 11 heteroatoms. The first-order valence-corrected chi connectivity index (χ1v) is 14.6. The zero-order valence-corrected chi connectivity index (χ0v) is 24.4. The van der Waals surface area contributed by atoms with Crippen molar-refractivity contribution in [2.75, 3.05) is 55.6 Å². The van der Waals surface area contributed by atoms with E-state index in [1.165, 1.54) is 12.3 Å². The molecule has 1 fully saturated rings. The SMILES string of the molecule is CCCN1CC=C(c2nc(-c3ccc(P)c(Cl)c3)cc(N3CCCN(c4ncccc4C(F)(F)F)CC3)n2)CC1. The van der Waals surface area contributed by atoms with E-state index in [1.807, 2.05) is 24.3 Å². The number of rotatable bonds is 6. The summed E-state index contributed by atoms with van der Waals surface area (Å²) in [7, 11) is 2.63. The third kappa shape index (κ3) is 6.59. The Morgan fingerprint density at radius 2 is 1.80 bits per heavy atom. The smallest absolute Gasteiger partial charge is 0.355 e. The number of anilines is 2. The minimum Gasteiger partial charge on any atom is -0.355 e. The van der Waals surface area contributed by atoms with Crippen LogP contribution in [0.3, 0.4) is 0 Å². The fourth-order valence-electron chi connectivity index (χ4n) is 5.24. The lowest BCUT2D eigenvalue weighted by atomic mass is 10.1. The second-order valence-corrected chi connectivity index (χ2v) is 11.2. The van der Waals surface area contributed by atoms with Gasteiger partial charge in [0.15, 0.2) is 5.82 Å². The maximum atomic E-state index is 13.7. The van der Waals surface area contributed by atoms with Gasteiger partial charge in [-0.25, -0.2) is 15.0 Å². The molecule has 1 atom stereocenters. The van der Waals surface area contributed by atoms with E-state index in [0.29, 0.717) is 43.4 Å². The van der Waals surface area contributed by atoms with Crippen molar-refractivity contribution in [3.05, 3.63) is 65.1 Å². The Bertz CT molecular complexity index is 1380. The molecule has 5 rings (SSSR count). The van der Waals surface area contributed by atoms with Crippen molar-refractivity contribution in [3.63, 3.8) is 0 Å². The molecule has 6 nitrogen and oxygen atoms in total. The second-order valence-electron chi connectivity index (χ2n) is 10.2. The first-order valence-electron chi connectivity index (χ1n) is 13.6. The van der Waals surface area contributed by atoms with Crippen LogP contribution < -0.4 is 15.1 Å². The Balaban J connectivity index is 1.46. The number of aromatic nitrogens is 3. The summed E-state index contributed by atoms with van der Waals surface area (Å²) in [6, 6.07) is 10.2. The zero-order chi connectivity index (χ0) is 28.3. The number of alkyl halides is 3. The first-order chi connectivity index (χ1) is 19.2. The number of hydrogen-bond donors (Lipinski definition) is 0. The summed E-state index contributed by atoms with van der Waals surface area (Å²) in [6.45, 7) is 7.12. The molecule has 2 aromatic heterocycles. The molecule has 0 amide bonds. The van der Waals surface area contributed by atoms with Gasteiger partial charge in [0.2, 0.25) is 0 Å². The van der Waals surface area contributed by atoms with Gasteiger partial charge in [-0.1, -0.05) is 36.7 Å². The second kappa shape index (κ2) is 12.4. The first kappa shape index (κ1) is 28.8. The molecule has 1 unspecified atom stereocenters. The summed E-state index contributed by atoms with van der Waals surface area (Å²) in [5.41, 5.74) is 2.08. The maximum Gasteiger partial charge on any atom is 0.419 e. The lowest BCUT2D eigenvalue weighted by molar-refractivity contribution is -0.137. The highest BCUT2D eigenvalue weighted by atomic mass is 35.5. The molecule has 4 heterocycles. The van der Waals surface area contributed by atoms with Gasteiger partial charge in [-0.2, -0.15) is 13.2 Å². The molecule has 1 aromatic carbocycles. The van der Waals surface area contributed by atoms with Gasteiger partial charge >= 0.3 is 6.18 Å². The standard InChI is InChI=1S/C29H33ClF3N6P/c1-2-11-37-14-8-20(9-15-37)27-35-24(21-6-7-25(40)23(30)18-21)19-26(36-27)38-12-4-13-39(17-16-38)28-22(29(31,32)33)5-3-10-34-28/h3,5-8,10,18-19H,2,4,9,11-17,40H2,1H3. The number of hydrogen-bond acceptors (Lipinski definition) is 6. The molecule has 0 saturated carbocycles. The average Bonchev–Trinajstić information content (AvgIpc) is 3.21. The molecular weight excluding hydrogens is 556 g/mol. The highest BCUT2D eigenvalue weighted by Gasteiger charge is 2.36. The van der Waals surface area contributed by atoms with Crippen molar-refractivity contribution in [3.8, 4) is 11.3 Å². The van der Waals surface area contributed by atoms with Crippen molar-refractivity contribution >= 4 is 43.4 Å². The third-order valence-electron chi connectivity index (χ3n) is 7.34. The summed E-state index contributed by atoms with van der Waals surface area (Å²) in [6.07, 6.45) is 1.82. The number of benzene rings is 1. The van der Waals surface area contributed by atoms with Gasteiger partial charge in [0.25, 0.3) is 0 Å². The Kier molecular flexibility index (Phi) is 8.93. The van der Waals surface area contributed by atoms with Gasteiger partial charge in [-0.3, -0.25) is 4.90 Å². The molecule has 0 bridgehead atoms. The summed E-state index contributed by atoms with van der Waals surface area (Å²) in [5, 5.41) is 1.55. The van der Waals surface area contributed by atoms with E-state index in [0.717, 1.165) is 66.5 Å². The predicted molar refractivity (Wildman–Crippen MR) is 159 cm³/mol. The minimum absolute atomic E-state index is 0.0166.